The highest BCUT2D eigenvalue weighted by atomic mass is 16.2. The van der Waals surface area contributed by atoms with Gasteiger partial charge in [-0.1, -0.05) is 12.1 Å². The van der Waals surface area contributed by atoms with Crippen molar-refractivity contribution in [3.05, 3.63) is 59.7 Å². The molecule has 0 atom stereocenters. The highest BCUT2D eigenvalue weighted by Crippen LogP contribution is 2.14. The van der Waals surface area contributed by atoms with Crippen LogP contribution in [0.1, 0.15) is 29.8 Å². The second kappa shape index (κ2) is 9.49. The summed E-state index contributed by atoms with van der Waals surface area (Å²) >= 11 is 0. The Hall–Kier alpha value is -3.19. The lowest BCUT2D eigenvalue weighted by atomic mass is 10.1. The third-order valence-corrected chi connectivity index (χ3v) is 3.93. The molecule has 0 aliphatic heterocycles. The van der Waals surface area contributed by atoms with Crippen LogP contribution in [0, 0.1) is 0 Å². The number of rotatable bonds is 7. The van der Waals surface area contributed by atoms with E-state index in [0.717, 1.165) is 5.56 Å². The van der Waals surface area contributed by atoms with Crippen molar-refractivity contribution >= 4 is 29.1 Å². The molecule has 4 N–H and O–H groups in total. The van der Waals surface area contributed by atoms with Crippen molar-refractivity contribution in [2.75, 3.05) is 23.7 Å². The number of amides is 3. The molecule has 0 bridgehead atoms. The summed E-state index contributed by atoms with van der Waals surface area (Å²) in [5.74, 6) is -0.670. The van der Waals surface area contributed by atoms with Gasteiger partial charge in [0.15, 0.2) is 0 Å². The van der Waals surface area contributed by atoms with Crippen LogP contribution in [-0.4, -0.2) is 35.7 Å². The molecule has 2 aromatic rings. The lowest BCUT2D eigenvalue weighted by Crippen LogP contribution is -2.37. The van der Waals surface area contributed by atoms with E-state index in [1.54, 1.807) is 48.5 Å². The molecule has 0 aliphatic rings. The molecular formula is C20H24N4O3. The number of likely N-dealkylation sites (N-methyl/N-ethyl adjacent to an activating group) is 1. The summed E-state index contributed by atoms with van der Waals surface area (Å²) in [6.07, 6.45) is 0. The minimum Gasteiger partial charge on any atom is -0.330 e. The van der Waals surface area contributed by atoms with E-state index in [9.17, 15) is 14.4 Å². The summed E-state index contributed by atoms with van der Waals surface area (Å²) < 4.78 is 0. The van der Waals surface area contributed by atoms with Crippen LogP contribution in [0.5, 0.6) is 0 Å². The van der Waals surface area contributed by atoms with Crippen molar-refractivity contribution in [1.82, 2.24) is 4.90 Å². The summed E-state index contributed by atoms with van der Waals surface area (Å²) in [5.41, 5.74) is 8.25. The fourth-order valence-corrected chi connectivity index (χ4v) is 2.51. The van der Waals surface area contributed by atoms with Crippen molar-refractivity contribution in [2.24, 2.45) is 5.73 Å². The molecule has 3 amide bonds. The van der Waals surface area contributed by atoms with Gasteiger partial charge in [0, 0.05) is 37.0 Å². The van der Waals surface area contributed by atoms with Gasteiger partial charge in [-0.15, -0.1) is 0 Å². The molecule has 7 heteroatoms. The van der Waals surface area contributed by atoms with Gasteiger partial charge >= 0.3 is 0 Å². The number of hydrogen-bond donors (Lipinski definition) is 3. The van der Waals surface area contributed by atoms with Crippen LogP contribution in [0.2, 0.25) is 0 Å². The summed E-state index contributed by atoms with van der Waals surface area (Å²) in [6, 6.07) is 13.8. The molecule has 0 saturated heterocycles. The first kappa shape index (κ1) is 20.1. The maximum absolute atomic E-state index is 12.6. The number of nitrogens with one attached hydrogen (secondary N) is 2. The third kappa shape index (κ3) is 5.93. The number of benzene rings is 2. The molecule has 0 unspecified atom stereocenters. The van der Waals surface area contributed by atoms with Crippen LogP contribution < -0.4 is 16.4 Å². The van der Waals surface area contributed by atoms with Crippen LogP contribution in [0.3, 0.4) is 0 Å². The van der Waals surface area contributed by atoms with Gasteiger partial charge in [0.1, 0.15) is 6.54 Å². The highest BCUT2D eigenvalue weighted by molar-refractivity contribution is 5.99. The van der Waals surface area contributed by atoms with Crippen LogP contribution in [0.25, 0.3) is 0 Å². The molecule has 7 nitrogen and oxygen atoms in total. The summed E-state index contributed by atoms with van der Waals surface area (Å²) in [4.78, 5) is 37.4. The highest BCUT2D eigenvalue weighted by Gasteiger charge is 2.17. The summed E-state index contributed by atoms with van der Waals surface area (Å²) in [7, 11) is 0. The molecule has 0 saturated carbocycles. The Kier molecular flexibility index (Phi) is 7.08. The Balaban J connectivity index is 1.97. The number of nitrogens with two attached hydrogens (primary N) is 1. The van der Waals surface area contributed by atoms with Crippen molar-refractivity contribution in [1.29, 1.82) is 0 Å². The van der Waals surface area contributed by atoms with E-state index in [0.29, 0.717) is 30.0 Å². The van der Waals surface area contributed by atoms with E-state index in [4.69, 9.17) is 5.73 Å². The first-order chi connectivity index (χ1) is 12.9. The fourth-order valence-electron chi connectivity index (χ4n) is 2.51. The lowest BCUT2D eigenvalue weighted by molar-refractivity contribution is -0.117. The standard InChI is InChI=1S/C20H24N4O3/c1-3-24(20(27)16-6-4-15(12-21)5-7-16)13-19(26)23-18-10-8-17(9-11-18)22-14(2)25/h4-11H,3,12-13,21H2,1-2H3,(H,22,25)(H,23,26). The van der Waals surface area contributed by atoms with E-state index < -0.39 is 0 Å². The number of nitrogens with zero attached hydrogens (tertiary/aromatic N) is 1. The first-order valence-corrected chi connectivity index (χ1v) is 8.68. The Labute approximate surface area is 158 Å². The SMILES string of the molecule is CCN(CC(=O)Nc1ccc(NC(C)=O)cc1)C(=O)c1ccc(CN)cc1. The predicted molar refractivity (Wildman–Crippen MR) is 105 cm³/mol. The zero-order valence-electron chi connectivity index (χ0n) is 15.5. The molecular weight excluding hydrogens is 344 g/mol. The number of hydrogen-bond acceptors (Lipinski definition) is 4. The molecule has 0 aliphatic carbocycles. The van der Waals surface area contributed by atoms with Crippen molar-refractivity contribution in [2.45, 2.75) is 20.4 Å². The second-order valence-electron chi connectivity index (χ2n) is 6.03. The molecule has 0 spiro atoms. The van der Waals surface area contributed by atoms with Crippen LogP contribution >= 0.6 is 0 Å². The smallest absolute Gasteiger partial charge is 0.254 e. The average molecular weight is 368 g/mol. The first-order valence-electron chi connectivity index (χ1n) is 8.68. The molecule has 2 rings (SSSR count). The summed E-state index contributed by atoms with van der Waals surface area (Å²) in [5, 5.41) is 5.41. The van der Waals surface area contributed by atoms with Gasteiger partial charge in [-0.2, -0.15) is 0 Å². The minimum absolute atomic E-state index is 0.0541. The lowest BCUT2D eigenvalue weighted by Gasteiger charge is -2.20. The normalized spacial score (nSPS) is 10.2. The van der Waals surface area contributed by atoms with Gasteiger partial charge in [0.05, 0.1) is 0 Å². The van der Waals surface area contributed by atoms with E-state index in [2.05, 4.69) is 10.6 Å². The van der Waals surface area contributed by atoms with Crippen LogP contribution in [0.4, 0.5) is 11.4 Å². The maximum atomic E-state index is 12.6. The van der Waals surface area contributed by atoms with Gasteiger partial charge in [-0.25, -0.2) is 0 Å². The Morgan fingerprint density at radius 3 is 1.96 bits per heavy atom. The molecule has 142 valence electrons. The van der Waals surface area contributed by atoms with Crippen molar-refractivity contribution in [3.63, 3.8) is 0 Å². The minimum atomic E-state index is -0.295. The van der Waals surface area contributed by atoms with Crippen molar-refractivity contribution in [3.8, 4) is 0 Å². The molecule has 0 radical (unpaired) electrons. The number of carbonyl (C=O) groups is 3. The van der Waals surface area contributed by atoms with E-state index in [1.807, 2.05) is 6.92 Å². The van der Waals surface area contributed by atoms with Gasteiger partial charge < -0.3 is 21.3 Å². The number of anilines is 2. The van der Waals surface area contributed by atoms with E-state index in [-0.39, 0.29) is 24.3 Å². The van der Waals surface area contributed by atoms with Gasteiger partial charge in [-0.05, 0) is 48.9 Å². The molecule has 0 heterocycles. The quantitative estimate of drug-likeness (QED) is 0.697. The monoisotopic (exact) mass is 368 g/mol. The zero-order valence-corrected chi connectivity index (χ0v) is 15.5. The summed E-state index contributed by atoms with van der Waals surface area (Å²) in [6.45, 7) is 4.01. The van der Waals surface area contributed by atoms with Gasteiger partial charge in [-0.3, -0.25) is 14.4 Å². The number of carbonyl (C=O) groups excluding carboxylic acids is 3. The Morgan fingerprint density at radius 1 is 0.926 bits per heavy atom. The molecule has 27 heavy (non-hydrogen) atoms. The van der Waals surface area contributed by atoms with E-state index >= 15 is 0 Å². The Morgan fingerprint density at radius 2 is 1.48 bits per heavy atom. The second-order valence-corrected chi connectivity index (χ2v) is 6.03. The third-order valence-electron chi connectivity index (χ3n) is 3.93. The maximum Gasteiger partial charge on any atom is 0.254 e. The van der Waals surface area contributed by atoms with Gasteiger partial charge in [0.2, 0.25) is 11.8 Å². The topological polar surface area (TPSA) is 105 Å². The van der Waals surface area contributed by atoms with Crippen LogP contribution in [0.15, 0.2) is 48.5 Å². The largest absolute Gasteiger partial charge is 0.330 e. The van der Waals surface area contributed by atoms with E-state index in [1.165, 1.54) is 11.8 Å². The average Bonchev–Trinajstić information content (AvgIpc) is 2.67. The molecule has 0 aromatic heterocycles. The van der Waals surface area contributed by atoms with Crippen molar-refractivity contribution < 1.29 is 14.4 Å². The fraction of sp³-hybridized carbons (Fsp3) is 0.250. The zero-order chi connectivity index (χ0) is 19.8. The predicted octanol–water partition coefficient (Wildman–Crippen LogP) is 2.20. The Bertz CT molecular complexity index is 801. The van der Waals surface area contributed by atoms with Crippen LogP contribution in [-0.2, 0) is 16.1 Å². The molecule has 0 fully saturated rings. The molecule has 2 aromatic carbocycles. The van der Waals surface area contributed by atoms with Gasteiger partial charge in [0.25, 0.3) is 5.91 Å².